The van der Waals surface area contributed by atoms with Crippen LogP contribution in [0.25, 0.3) is 0 Å². The number of hydrogen-bond donors (Lipinski definition) is 0. The van der Waals surface area contributed by atoms with Crippen molar-refractivity contribution in [2.24, 2.45) is 5.92 Å². The lowest BCUT2D eigenvalue weighted by Crippen LogP contribution is -2.39. The molecule has 132 valence electrons. The van der Waals surface area contributed by atoms with Crippen LogP contribution in [-0.4, -0.2) is 29.6 Å². The Balaban J connectivity index is 1.58. The van der Waals surface area contributed by atoms with Crippen molar-refractivity contribution in [3.63, 3.8) is 0 Å². The zero-order chi connectivity index (χ0) is 17.4. The van der Waals surface area contributed by atoms with Gasteiger partial charge in [0.15, 0.2) is 0 Å². The average molecular weight is 358 g/mol. The van der Waals surface area contributed by atoms with Gasteiger partial charge >= 0.3 is 0 Å². The zero-order valence-electron chi connectivity index (χ0n) is 14.1. The van der Waals surface area contributed by atoms with Crippen molar-refractivity contribution >= 4 is 10.0 Å². The largest absolute Gasteiger partial charge is 0.311 e. The third kappa shape index (κ3) is 3.70. The van der Waals surface area contributed by atoms with Gasteiger partial charge in [0.05, 0.1) is 12.3 Å². The second-order valence-electron chi connectivity index (χ2n) is 7.08. The van der Waals surface area contributed by atoms with Crippen LogP contribution in [0.2, 0.25) is 0 Å². The molecule has 2 heterocycles. The molecule has 5 nitrogen and oxygen atoms in total. The minimum Gasteiger partial charge on any atom is -0.311 e. The van der Waals surface area contributed by atoms with Gasteiger partial charge in [-0.3, -0.25) is 4.79 Å². The summed E-state index contributed by atoms with van der Waals surface area (Å²) in [5, 5.41) is 0. The SMILES string of the molecule is O=c1cc2c(cn1Cc1ccccc1)CN(S(=O)(=O)CC1CC1)CC2. The Bertz CT molecular complexity index is 931. The summed E-state index contributed by atoms with van der Waals surface area (Å²) in [6, 6.07) is 11.5. The van der Waals surface area contributed by atoms with E-state index in [2.05, 4.69) is 0 Å². The molecule has 2 aliphatic rings. The van der Waals surface area contributed by atoms with Crippen molar-refractivity contribution < 1.29 is 8.42 Å². The van der Waals surface area contributed by atoms with Crippen LogP contribution < -0.4 is 5.56 Å². The highest BCUT2D eigenvalue weighted by Crippen LogP contribution is 2.32. The minimum atomic E-state index is -3.20. The number of nitrogens with zero attached hydrogens (tertiary/aromatic N) is 2. The molecule has 0 N–H and O–H groups in total. The Labute approximate surface area is 148 Å². The fraction of sp³-hybridized carbons (Fsp3) is 0.421. The molecule has 1 saturated carbocycles. The monoisotopic (exact) mass is 358 g/mol. The fourth-order valence-corrected chi connectivity index (χ4v) is 5.22. The number of sulfonamides is 1. The molecule has 1 aromatic carbocycles. The molecule has 0 amide bonds. The van der Waals surface area contributed by atoms with E-state index in [-0.39, 0.29) is 11.3 Å². The standard InChI is InChI=1S/C19H22N2O3S/c22-19-10-17-8-9-21(25(23,24)14-16-6-7-16)13-18(17)12-20(19)11-15-4-2-1-3-5-15/h1-5,10,12,16H,6-9,11,13-14H2. The molecule has 2 aromatic rings. The van der Waals surface area contributed by atoms with Crippen LogP contribution in [0.4, 0.5) is 0 Å². The van der Waals surface area contributed by atoms with Crippen LogP contribution in [-0.2, 0) is 29.5 Å². The molecular weight excluding hydrogens is 336 g/mol. The summed E-state index contributed by atoms with van der Waals surface area (Å²) in [5.41, 5.74) is 2.95. The van der Waals surface area contributed by atoms with Gasteiger partial charge in [-0.2, -0.15) is 4.31 Å². The highest BCUT2D eigenvalue weighted by atomic mass is 32.2. The van der Waals surface area contributed by atoms with E-state index in [0.717, 1.165) is 29.5 Å². The second-order valence-corrected chi connectivity index (χ2v) is 9.09. The summed E-state index contributed by atoms with van der Waals surface area (Å²) in [7, 11) is -3.20. The van der Waals surface area contributed by atoms with Gasteiger partial charge in [-0.25, -0.2) is 8.42 Å². The molecule has 1 fully saturated rings. The third-order valence-corrected chi connectivity index (χ3v) is 7.01. The van der Waals surface area contributed by atoms with Crippen LogP contribution >= 0.6 is 0 Å². The number of rotatable bonds is 5. The van der Waals surface area contributed by atoms with Crippen molar-refractivity contribution in [1.82, 2.24) is 8.87 Å². The Morgan fingerprint density at radius 2 is 1.84 bits per heavy atom. The number of fused-ring (bicyclic) bond motifs is 1. The van der Waals surface area contributed by atoms with Crippen LogP contribution in [0, 0.1) is 5.92 Å². The lowest BCUT2D eigenvalue weighted by Gasteiger charge is -2.28. The average Bonchev–Trinajstić information content (AvgIpc) is 3.39. The van der Waals surface area contributed by atoms with Gasteiger partial charge in [0.1, 0.15) is 0 Å². The number of hydrogen-bond acceptors (Lipinski definition) is 3. The first-order valence-corrected chi connectivity index (χ1v) is 10.4. The number of benzene rings is 1. The predicted molar refractivity (Wildman–Crippen MR) is 96.9 cm³/mol. The van der Waals surface area contributed by atoms with Crippen LogP contribution in [0.15, 0.2) is 47.4 Å². The van der Waals surface area contributed by atoms with Gasteiger partial charge in [0.25, 0.3) is 5.56 Å². The van der Waals surface area contributed by atoms with E-state index < -0.39 is 10.0 Å². The van der Waals surface area contributed by atoms with E-state index in [0.29, 0.717) is 32.0 Å². The molecule has 0 bridgehead atoms. The molecule has 25 heavy (non-hydrogen) atoms. The Hall–Kier alpha value is -1.92. The Morgan fingerprint density at radius 1 is 1.08 bits per heavy atom. The normalized spacial score (nSPS) is 18.1. The highest BCUT2D eigenvalue weighted by molar-refractivity contribution is 7.89. The first-order valence-electron chi connectivity index (χ1n) is 8.75. The van der Waals surface area contributed by atoms with E-state index in [1.165, 1.54) is 0 Å². The van der Waals surface area contributed by atoms with E-state index in [1.54, 1.807) is 14.9 Å². The summed E-state index contributed by atoms with van der Waals surface area (Å²) < 4.78 is 28.4. The lowest BCUT2D eigenvalue weighted by atomic mass is 10.0. The molecule has 1 aliphatic heterocycles. The van der Waals surface area contributed by atoms with Crippen LogP contribution in [0.1, 0.15) is 29.5 Å². The van der Waals surface area contributed by atoms with E-state index in [4.69, 9.17) is 0 Å². The van der Waals surface area contributed by atoms with Crippen molar-refractivity contribution in [2.75, 3.05) is 12.3 Å². The molecule has 0 radical (unpaired) electrons. The van der Waals surface area contributed by atoms with Gasteiger partial charge in [-0.15, -0.1) is 0 Å². The van der Waals surface area contributed by atoms with Crippen molar-refractivity contribution in [2.45, 2.75) is 32.4 Å². The van der Waals surface area contributed by atoms with Crippen molar-refractivity contribution in [1.29, 1.82) is 0 Å². The third-order valence-electron chi connectivity index (χ3n) is 5.01. The first kappa shape index (κ1) is 16.5. The smallest absolute Gasteiger partial charge is 0.251 e. The van der Waals surface area contributed by atoms with E-state index in [9.17, 15) is 13.2 Å². The van der Waals surface area contributed by atoms with Gasteiger partial charge in [-0.1, -0.05) is 30.3 Å². The maximum absolute atomic E-state index is 12.5. The zero-order valence-corrected chi connectivity index (χ0v) is 14.9. The Kier molecular flexibility index (Phi) is 4.25. The summed E-state index contributed by atoms with van der Waals surface area (Å²) in [6.07, 6.45) is 4.50. The van der Waals surface area contributed by atoms with E-state index in [1.807, 2.05) is 36.5 Å². The predicted octanol–water partition coefficient (Wildman–Crippen LogP) is 1.99. The van der Waals surface area contributed by atoms with Gasteiger partial charge in [0, 0.05) is 25.4 Å². The molecule has 0 unspecified atom stereocenters. The number of aromatic nitrogens is 1. The molecule has 0 spiro atoms. The maximum atomic E-state index is 12.5. The molecule has 0 atom stereocenters. The topological polar surface area (TPSA) is 59.4 Å². The van der Waals surface area contributed by atoms with Gasteiger partial charge < -0.3 is 4.57 Å². The van der Waals surface area contributed by atoms with Crippen molar-refractivity contribution in [3.05, 3.63) is 69.6 Å². The first-order chi connectivity index (χ1) is 12.0. The highest BCUT2D eigenvalue weighted by Gasteiger charge is 2.33. The summed E-state index contributed by atoms with van der Waals surface area (Å²) >= 11 is 0. The van der Waals surface area contributed by atoms with Gasteiger partial charge in [0.2, 0.25) is 10.0 Å². The van der Waals surface area contributed by atoms with Crippen LogP contribution in [0.5, 0.6) is 0 Å². The Morgan fingerprint density at radius 3 is 2.56 bits per heavy atom. The molecule has 4 rings (SSSR count). The fourth-order valence-electron chi connectivity index (χ4n) is 3.38. The van der Waals surface area contributed by atoms with Crippen molar-refractivity contribution in [3.8, 4) is 0 Å². The van der Waals surface area contributed by atoms with Crippen LogP contribution in [0.3, 0.4) is 0 Å². The molecule has 1 aliphatic carbocycles. The quantitative estimate of drug-likeness (QED) is 0.821. The second kappa shape index (κ2) is 6.42. The number of pyridine rings is 1. The molecular formula is C19H22N2O3S. The van der Waals surface area contributed by atoms with Gasteiger partial charge in [-0.05, 0) is 41.9 Å². The lowest BCUT2D eigenvalue weighted by molar-refractivity contribution is 0.387. The summed E-state index contributed by atoms with van der Waals surface area (Å²) in [6.45, 7) is 1.35. The minimum absolute atomic E-state index is 0.0307. The molecule has 0 saturated heterocycles. The maximum Gasteiger partial charge on any atom is 0.251 e. The molecule has 1 aromatic heterocycles. The summed E-state index contributed by atoms with van der Waals surface area (Å²) in [4.78, 5) is 12.4. The van der Waals surface area contributed by atoms with E-state index >= 15 is 0 Å². The summed E-state index contributed by atoms with van der Waals surface area (Å²) in [5.74, 6) is 0.616. The molecule has 6 heteroatoms.